The molecule has 110 valence electrons. The third-order valence-corrected chi connectivity index (χ3v) is 3.95. The van der Waals surface area contributed by atoms with Crippen LogP contribution in [0.25, 0.3) is 0 Å². The van der Waals surface area contributed by atoms with E-state index in [4.69, 9.17) is 10.5 Å². The van der Waals surface area contributed by atoms with Crippen LogP contribution in [0, 0.1) is 10.1 Å². The van der Waals surface area contributed by atoms with Crippen LogP contribution in [0.2, 0.25) is 0 Å². The lowest BCUT2D eigenvalue weighted by molar-refractivity contribution is -0.385. The van der Waals surface area contributed by atoms with E-state index in [1.807, 2.05) is 18.2 Å². The zero-order chi connectivity index (χ0) is 15.4. The number of nitro groups is 1. The summed E-state index contributed by atoms with van der Waals surface area (Å²) in [4.78, 5) is 10.7. The van der Waals surface area contributed by atoms with E-state index in [1.165, 1.54) is 6.07 Å². The normalized spacial score (nSPS) is 12.0. The summed E-state index contributed by atoms with van der Waals surface area (Å²) in [6, 6.07) is 11.8. The maximum absolute atomic E-state index is 11.0. The molecule has 6 heteroatoms. The highest BCUT2D eigenvalue weighted by Crippen LogP contribution is 2.30. The molecule has 21 heavy (non-hydrogen) atoms. The molecule has 0 radical (unpaired) electrons. The molecule has 1 atom stereocenters. The van der Waals surface area contributed by atoms with Crippen LogP contribution < -0.4 is 10.5 Å². The van der Waals surface area contributed by atoms with E-state index in [1.54, 1.807) is 25.3 Å². The number of methoxy groups -OCH3 is 1. The molecule has 0 aliphatic heterocycles. The fourth-order valence-corrected chi connectivity index (χ4v) is 2.68. The Morgan fingerprint density at radius 2 is 2.05 bits per heavy atom. The van der Waals surface area contributed by atoms with Gasteiger partial charge in [0, 0.05) is 22.1 Å². The summed E-state index contributed by atoms with van der Waals surface area (Å²) >= 11 is 3.45. The van der Waals surface area contributed by atoms with Gasteiger partial charge in [0.25, 0.3) is 5.69 Å². The Morgan fingerprint density at radius 1 is 1.33 bits per heavy atom. The number of benzene rings is 2. The van der Waals surface area contributed by atoms with Crippen LogP contribution in [0.3, 0.4) is 0 Å². The molecule has 2 aromatic rings. The SMILES string of the molecule is COc1ccc(Br)c(C(N)Cc2ccccc2[N+](=O)[O-])c1. The van der Waals surface area contributed by atoms with E-state index >= 15 is 0 Å². The number of ether oxygens (including phenoxy) is 1. The molecule has 0 saturated heterocycles. The summed E-state index contributed by atoms with van der Waals surface area (Å²) in [6.45, 7) is 0. The van der Waals surface area contributed by atoms with Gasteiger partial charge in [0.1, 0.15) is 5.75 Å². The smallest absolute Gasteiger partial charge is 0.272 e. The van der Waals surface area contributed by atoms with E-state index in [0.29, 0.717) is 17.7 Å². The molecule has 0 saturated carbocycles. The first-order chi connectivity index (χ1) is 10.0. The Kier molecular flexibility index (Phi) is 4.93. The summed E-state index contributed by atoms with van der Waals surface area (Å²) in [7, 11) is 1.58. The fourth-order valence-electron chi connectivity index (χ4n) is 2.14. The molecular weight excluding hydrogens is 336 g/mol. The van der Waals surface area contributed by atoms with Crippen molar-refractivity contribution >= 4 is 21.6 Å². The number of nitrogens with two attached hydrogens (primary N) is 1. The van der Waals surface area contributed by atoms with Gasteiger partial charge in [-0.1, -0.05) is 34.1 Å². The van der Waals surface area contributed by atoms with Crippen molar-refractivity contribution in [2.45, 2.75) is 12.5 Å². The minimum Gasteiger partial charge on any atom is -0.497 e. The second kappa shape index (κ2) is 6.69. The van der Waals surface area contributed by atoms with Crippen LogP contribution in [-0.2, 0) is 6.42 Å². The summed E-state index contributed by atoms with van der Waals surface area (Å²) < 4.78 is 6.04. The predicted octanol–water partition coefficient (Wildman–Crippen LogP) is 3.61. The van der Waals surface area contributed by atoms with Gasteiger partial charge in [-0.25, -0.2) is 0 Å². The van der Waals surface area contributed by atoms with Gasteiger partial charge in [-0.15, -0.1) is 0 Å². The third kappa shape index (κ3) is 3.59. The second-order valence-electron chi connectivity index (χ2n) is 4.58. The standard InChI is InChI=1S/C15H15BrN2O3/c1-21-11-6-7-13(16)12(9-11)14(17)8-10-4-2-3-5-15(10)18(19)20/h2-7,9,14H,8,17H2,1H3. The highest BCUT2D eigenvalue weighted by atomic mass is 79.9. The van der Waals surface area contributed by atoms with Crippen molar-refractivity contribution < 1.29 is 9.66 Å². The molecule has 0 spiro atoms. The highest BCUT2D eigenvalue weighted by Gasteiger charge is 2.18. The maximum Gasteiger partial charge on any atom is 0.272 e. The first-order valence-corrected chi connectivity index (χ1v) is 7.13. The highest BCUT2D eigenvalue weighted by molar-refractivity contribution is 9.10. The minimum absolute atomic E-state index is 0.0898. The molecule has 2 aromatic carbocycles. The van der Waals surface area contributed by atoms with Gasteiger partial charge in [0.15, 0.2) is 0 Å². The van der Waals surface area contributed by atoms with Crippen molar-refractivity contribution in [2.24, 2.45) is 5.73 Å². The summed E-state index contributed by atoms with van der Waals surface area (Å²) in [5.74, 6) is 0.700. The minimum atomic E-state index is -0.386. The molecule has 2 N–H and O–H groups in total. The molecule has 0 aromatic heterocycles. The molecule has 0 amide bonds. The van der Waals surface area contributed by atoms with Crippen molar-refractivity contribution in [3.05, 3.63) is 68.2 Å². The van der Waals surface area contributed by atoms with Crippen LogP contribution in [-0.4, -0.2) is 12.0 Å². The zero-order valence-electron chi connectivity index (χ0n) is 11.5. The lowest BCUT2D eigenvalue weighted by Crippen LogP contribution is -2.15. The van der Waals surface area contributed by atoms with Crippen molar-refractivity contribution in [2.75, 3.05) is 7.11 Å². The van der Waals surface area contributed by atoms with Gasteiger partial charge in [-0.05, 0) is 30.2 Å². The Balaban J connectivity index is 2.30. The second-order valence-corrected chi connectivity index (χ2v) is 5.44. The number of rotatable bonds is 5. The maximum atomic E-state index is 11.0. The lowest BCUT2D eigenvalue weighted by Gasteiger charge is -2.15. The molecule has 0 heterocycles. The molecule has 0 bridgehead atoms. The van der Waals surface area contributed by atoms with Crippen molar-refractivity contribution in [3.63, 3.8) is 0 Å². The van der Waals surface area contributed by atoms with Crippen LogP contribution in [0.5, 0.6) is 5.75 Å². The third-order valence-electron chi connectivity index (χ3n) is 3.23. The number of nitro benzene ring substituents is 1. The predicted molar refractivity (Wildman–Crippen MR) is 84.4 cm³/mol. The average Bonchev–Trinajstić information content (AvgIpc) is 2.48. The Bertz CT molecular complexity index is 661. The van der Waals surface area contributed by atoms with Crippen molar-refractivity contribution in [1.29, 1.82) is 0 Å². The lowest BCUT2D eigenvalue weighted by atomic mass is 9.98. The van der Waals surface area contributed by atoms with Crippen LogP contribution in [0.1, 0.15) is 17.2 Å². The largest absolute Gasteiger partial charge is 0.497 e. The number of para-hydroxylation sites is 1. The fraction of sp³-hybridized carbons (Fsp3) is 0.200. The van der Waals surface area contributed by atoms with Gasteiger partial charge in [0.2, 0.25) is 0 Å². The summed E-state index contributed by atoms with van der Waals surface area (Å²) in [5, 5.41) is 11.0. The molecule has 0 aliphatic rings. The first kappa shape index (κ1) is 15.5. The number of nitrogens with zero attached hydrogens (tertiary/aromatic N) is 1. The van der Waals surface area contributed by atoms with E-state index in [2.05, 4.69) is 15.9 Å². The van der Waals surface area contributed by atoms with Gasteiger partial charge >= 0.3 is 0 Å². The summed E-state index contributed by atoms with van der Waals surface area (Å²) in [5.41, 5.74) is 7.77. The van der Waals surface area contributed by atoms with Crippen LogP contribution >= 0.6 is 15.9 Å². The zero-order valence-corrected chi connectivity index (χ0v) is 13.0. The quantitative estimate of drug-likeness (QED) is 0.659. The topological polar surface area (TPSA) is 78.4 Å². The van der Waals surface area contributed by atoms with E-state index in [9.17, 15) is 10.1 Å². The van der Waals surface area contributed by atoms with Crippen LogP contribution in [0.15, 0.2) is 46.9 Å². The van der Waals surface area contributed by atoms with Crippen molar-refractivity contribution in [3.8, 4) is 5.75 Å². The Morgan fingerprint density at radius 3 is 2.71 bits per heavy atom. The summed E-state index contributed by atoms with van der Waals surface area (Å²) in [6.07, 6.45) is 0.378. The van der Waals surface area contributed by atoms with Crippen molar-refractivity contribution in [1.82, 2.24) is 0 Å². The molecular formula is C15H15BrN2O3. The number of hydrogen-bond donors (Lipinski definition) is 1. The van der Waals surface area contributed by atoms with Gasteiger partial charge < -0.3 is 10.5 Å². The van der Waals surface area contributed by atoms with Gasteiger partial charge in [0.05, 0.1) is 12.0 Å². The Labute approximate surface area is 131 Å². The van der Waals surface area contributed by atoms with E-state index < -0.39 is 0 Å². The molecule has 5 nitrogen and oxygen atoms in total. The van der Waals surface area contributed by atoms with E-state index in [-0.39, 0.29) is 16.7 Å². The number of halogens is 1. The first-order valence-electron chi connectivity index (χ1n) is 6.34. The van der Waals surface area contributed by atoms with E-state index in [0.717, 1.165) is 10.0 Å². The molecule has 0 fully saturated rings. The Hall–Kier alpha value is -1.92. The van der Waals surface area contributed by atoms with Gasteiger partial charge in [-0.3, -0.25) is 10.1 Å². The molecule has 2 rings (SSSR count). The van der Waals surface area contributed by atoms with Gasteiger partial charge in [-0.2, -0.15) is 0 Å². The monoisotopic (exact) mass is 350 g/mol. The molecule has 1 unspecified atom stereocenters. The van der Waals surface area contributed by atoms with Crippen LogP contribution in [0.4, 0.5) is 5.69 Å². The molecule has 0 aliphatic carbocycles. The number of hydrogen-bond acceptors (Lipinski definition) is 4. The average molecular weight is 351 g/mol.